The highest BCUT2D eigenvalue weighted by Crippen LogP contribution is 2.43. The maximum Gasteiger partial charge on any atom is 0.311 e. The highest BCUT2D eigenvalue weighted by molar-refractivity contribution is 5.82. The zero-order chi connectivity index (χ0) is 18.3. The predicted molar refractivity (Wildman–Crippen MR) is 98.9 cm³/mol. The molecule has 1 aromatic carbocycles. The lowest BCUT2D eigenvalue weighted by molar-refractivity contribution is -0.153. The average Bonchev–Trinajstić information content (AvgIpc) is 3.23. The maximum absolute atomic E-state index is 12.7. The number of aromatic nitrogens is 1. The van der Waals surface area contributed by atoms with Crippen molar-refractivity contribution in [1.82, 2.24) is 14.8 Å². The molecule has 0 aliphatic carbocycles. The van der Waals surface area contributed by atoms with Gasteiger partial charge in [0.25, 0.3) is 0 Å². The summed E-state index contributed by atoms with van der Waals surface area (Å²) < 4.78 is 0. The van der Waals surface area contributed by atoms with Gasteiger partial charge in [-0.2, -0.15) is 0 Å². The van der Waals surface area contributed by atoms with Gasteiger partial charge in [0.2, 0.25) is 5.91 Å². The van der Waals surface area contributed by atoms with Crippen LogP contribution in [-0.4, -0.2) is 65.0 Å². The van der Waals surface area contributed by atoms with Crippen molar-refractivity contribution in [2.24, 2.45) is 11.3 Å². The molecule has 4 rings (SSSR count). The number of aliphatic carboxylic acids is 1. The summed E-state index contributed by atoms with van der Waals surface area (Å²) in [5.74, 6) is -0.653. The normalized spacial score (nSPS) is 26.2. The number of aryl methyl sites for hydroxylation is 1. The molecule has 0 saturated carbocycles. The van der Waals surface area contributed by atoms with Crippen LogP contribution >= 0.6 is 0 Å². The van der Waals surface area contributed by atoms with Gasteiger partial charge >= 0.3 is 5.97 Å². The second-order valence-electron chi connectivity index (χ2n) is 7.84. The Morgan fingerprint density at radius 2 is 2.15 bits per heavy atom. The SMILES string of the molecule is CN1CC[C@]2(C(=O)O)CN(C(=O)CCc3ccc4[nH]ccc4c3)C[C@@H]2C1. The smallest absolute Gasteiger partial charge is 0.311 e. The first-order chi connectivity index (χ1) is 12.5. The van der Waals surface area contributed by atoms with Gasteiger partial charge in [0, 0.05) is 43.7 Å². The number of carbonyl (C=O) groups is 2. The minimum atomic E-state index is -0.758. The zero-order valence-electron chi connectivity index (χ0n) is 15.1. The number of likely N-dealkylation sites (tertiary alicyclic amines) is 2. The number of aromatic amines is 1. The van der Waals surface area contributed by atoms with Gasteiger partial charge in [0.1, 0.15) is 0 Å². The molecule has 0 spiro atoms. The average molecular weight is 355 g/mol. The number of nitrogens with zero attached hydrogens (tertiary/aromatic N) is 2. The van der Waals surface area contributed by atoms with E-state index in [1.807, 2.05) is 31.4 Å². The molecule has 2 saturated heterocycles. The van der Waals surface area contributed by atoms with Crippen LogP contribution in [0, 0.1) is 11.3 Å². The molecular weight excluding hydrogens is 330 g/mol. The van der Waals surface area contributed by atoms with Crippen LogP contribution < -0.4 is 0 Å². The predicted octanol–water partition coefficient (Wildman–Crippen LogP) is 1.97. The molecule has 6 nitrogen and oxygen atoms in total. The van der Waals surface area contributed by atoms with Gasteiger partial charge < -0.3 is 19.9 Å². The first kappa shape index (κ1) is 17.1. The number of piperidine rings is 1. The van der Waals surface area contributed by atoms with Crippen molar-refractivity contribution in [3.05, 3.63) is 36.0 Å². The number of fused-ring (bicyclic) bond motifs is 2. The summed E-state index contributed by atoms with van der Waals surface area (Å²) in [4.78, 5) is 31.8. The first-order valence-electron chi connectivity index (χ1n) is 9.24. The Balaban J connectivity index is 1.42. The van der Waals surface area contributed by atoms with Gasteiger partial charge in [0.15, 0.2) is 0 Å². The summed E-state index contributed by atoms with van der Waals surface area (Å²) in [5.41, 5.74) is 1.47. The Bertz CT molecular complexity index is 846. The third kappa shape index (κ3) is 2.88. The molecule has 0 radical (unpaired) electrons. The summed E-state index contributed by atoms with van der Waals surface area (Å²) in [6.45, 7) is 2.45. The number of hydrogen-bond acceptors (Lipinski definition) is 3. The van der Waals surface area contributed by atoms with Gasteiger partial charge in [-0.15, -0.1) is 0 Å². The molecule has 3 heterocycles. The van der Waals surface area contributed by atoms with Crippen LogP contribution in [0.3, 0.4) is 0 Å². The molecule has 6 heteroatoms. The van der Waals surface area contributed by atoms with Crippen LogP contribution in [0.15, 0.2) is 30.5 Å². The number of hydrogen-bond donors (Lipinski definition) is 2. The van der Waals surface area contributed by atoms with Crippen molar-refractivity contribution in [3.8, 4) is 0 Å². The van der Waals surface area contributed by atoms with E-state index < -0.39 is 11.4 Å². The Kier molecular flexibility index (Phi) is 4.23. The molecule has 2 aliphatic rings. The highest BCUT2D eigenvalue weighted by atomic mass is 16.4. The van der Waals surface area contributed by atoms with Crippen LogP contribution in [0.25, 0.3) is 10.9 Å². The number of rotatable bonds is 4. The fraction of sp³-hybridized carbons (Fsp3) is 0.500. The van der Waals surface area contributed by atoms with E-state index in [-0.39, 0.29) is 11.8 Å². The van der Waals surface area contributed by atoms with Crippen molar-refractivity contribution < 1.29 is 14.7 Å². The van der Waals surface area contributed by atoms with E-state index in [1.165, 1.54) is 0 Å². The Morgan fingerprint density at radius 1 is 1.31 bits per heavy atom. The van der Waals surface area contributed by atoms with Crippen LogP contribution in [0.5, 0.6) is 0 Å². The molecule has 26 heavy (non-hydrogen) atoms. The lowest BCUT2D eigenvalue weighted by Gasteiger charge is -2.38. The van der Waals surface area contributed by atoms with E-state index >= 15 is 0 Å². The zero-order valence-corrected chi connectivity index (χ0v) is 15.1. The molecule has 2 atom stereocenters. The van der Waals surface area contributed by atoms with E-state index in [0.29, 0.717) is 32.4 Å². The fourth-order valence-electron chi connectivity index (χ4n) is 4.56. The fourth-order valence-corrected chi connectivity index (χ4v) is 4.56. The van der Waals surface area contributed by atoms with E-state index in [2.05, 4.69) is 16.0 Å². The number of carboxylic acids is 1. The number of H-pyrrole nitrogens is 1. The second kappa shape index (κ2) is 6.43. The van der Waals surface area contributed by atoms with Gasteiger partial charge in [-0.05, 0) is 55.6 Å². The lowest BCUT2D eigenvalue weighted by Crippen LogP contribution is -2.49. The molecule has 0 bridgehead atoms. The Morgan fingerprint density at radius 3 is 2.96 bits per heavy atom. The number of carboxylic acid groups (broad SMARTS) is 1. The molecule has 2 aromatic rings. The number of benzene rings is 1. The van der Waals surface area contributed by atoms with Gasteiger partial charge in [-0.1, -0.05) is 6.07 Å². The van der Waals surface area contributed by atoms with Crippen LogP contribution in [-0.2, 0) is 16.0 Å². The van der Waals surface area contributed by atoms with Crippen molar-refractivity contribution >= 4 is 22.8 Å². The molecule has 0 unspecified atom stereocenters. The lowest BCUT2D eigenvalue weighted by atomic mass is 9.73. The van der Waals surface area contributed by atoms with Crippen LogP contribution in [0.1, 0.15) is 18.4 Å². The van der Waals surface area contributed by atoms with E-state index in [4.69, 9.17) is 0 Å². The Hall–Kier alpha value is -2.34. The second-order valence-corrected chi connectivity index (χ2v) is 7.84. The summed E-state index contributed by atoms with van der Waals surface area (Å²) in [5, 5.41) is 11.0. The van der Waals surface area contributed by atoms with Crippen LogP contribution in [0.2, 0.25) is 0 Å². The van der Waals surface area contributed by atoms with E-state index in [9.17, 15) is 14.7 Å². The third-order valence-electron chi connectivity index (χ3n) is 6.19. The van der Waals surface area contributed by atoms with Crippen molar-refractivity contribution in [2.45, 2.75) is 19.3 Å². The standard InChI is InChI=1S/C20H25N3O3/c1-22-9-7-20(19(25)26)13-23(12-16(20)11-22)18(24)5-3-14-2-4-17-15(10-14)6-8-21-17/h2,4,6,8,10,16,21H,3,5,7,9,11-13H2,1H3,(H,25,26)/t16-,20-/m0/s1. The Labute approximate surface area is 152 Å². The van der Waals surface area contributed by atoms with Crippen molar-refractivity contribution in [3.63, 3.8) is 0 Å². The molecule has 2 N–H and O–H groups in total. The minimum absolute atomic E-state index is 0.0268. The first-order valence-corrected chi connectivity index (χ1v) is 9.24. The quantitative estimate of drug-likeness (QED) is 0.879. The number of nitrogens with one attached hydrogen (secondary N) is 1. The molecule has 1 aromatic heterocycles. The molecule has 138 valence electrons. The van der Waals surface area contributed by atoms with Gasteiger partial charge in [0.05, 0.1) is 5.41 Å². The monoisotopic (exact) mass is 355 g/mol. The summed E-state index contributed by atoms with van der Waals surface area (Å²) in [6, 6.07) is 8.22. The van der Waals surface area contributed by atoms with Crippen molar-refractivity contribution in [1.29, 1.82) is 0 Å². The topological polar surface area (TPSA) is 76.6 Å². The van der Waals surface area contributed by atoms with Gasteiger partial charge in [-0.25, -0.2) is 0 Å². The molecule has 1 amide bonds. The van der Waals surface area contributed by atoms with Crippen molar-refractivity contribution in [2.75, 3.05) is 33.2 Å². The summed E-state index contributed by atoms with van der Waals surface area (Å²) in [7, 11) is 2.02. The van der Waals surface area contributed by atoms with E-state index in [1.54, 1.807) is 4.90 Å². The maximum atomic E-state index is 12.7. The number of amides is 1. The number of carbonyl (C=O) groups excluding carboxylic acids is 1. The van der Waals surface area contributed by atoms with Crippen LogP contribution in [0.4, 0.5) is 0 Å². The molecule has 2 aliphatic heterocycles. The molecular formula is C20H25N3O3. The summed E-state index contributed by atoms with van der Waals surface area (Å²) in [6.07, 6.45) is 3.64. The minimum Gasteiger partial charge on any atom is -0.481 e. The largest absolute Gasteiger partial charge is 0.481 e. The van der Waals surface area contributed by atoms with Gasteiger partial charge in [-0.3, -0.25) is 9.59 Å². The summed E-state index contributed by atoms with van der Waals surface area (Å²) >= 11 is 0. The highest BCUT2D eigenvalue weighted by Gasteiger charge is 2.55. The third-order valence-corrected chi connectivity index (χ3v) is 6.19. The molecule has 2 fully saturated rings. The van der Waals surface area contributed by atoms with E-state index in [0.717, 1.165) is 29.6 Å².